The molecular weight excluding hydrogens is 418 g/mol. The topological polar surface area (TPSA) is 100 Å². The fourth-order valence-corrected chi connectivity index (χ4v) is 5.12. The molecule has 12 heteroatoms. The van der Waals surface area contributed by atoms with Crippen LogP contribution >= 0.6 is 7.82 Å². The Balaban J connectivity index is 1.94. The minimum Gasteiger partial charge on any atom is -0.469 e. The summed E-state index contributed by atoms with van der Waals surface area (Å²) < 4.78 is 71.8. The molecule has 1 aliphatic heterocycles. The number of amides is 1. The van der Waals surface area contributed by atoms with E-state index in [1.54, 1.807) is 13.8 Å². The lowest BCUT2D eigenvalue weighted by Crippen LogP contribution is -2.50. The summed E-state index contributed by atoms with van der Waals surface area (Å²) in [6, 6.07) is 0. The van der Waals surface area contributed by atoms with Gasteiger partial charge >= 0.3 is 20.0 Å². The van der Waals surface area contributed by atoms with Crippen LogP contribution in [-0.4, -0.2) is 50.5 Å². The van der Waals surface area contributed by atoms with Crippen LogP contribution in [0.2, 0.25) is 0 Å². The Morgan fingerprint density at radius 1 is 1.21 bits per heavy atom. The Hall–Kier alpha value is -1.16. The van der Waals surface area contributed by atoms with E-state index in [0.29, 0.717) is 0 Å². The molecule has 2 rings (SSSR count). The Bertz CT molecular complexity index is 647. The zero-order valence-electron chi connectivity index (χ0n) is 16.6. The van der Waals surface area contributed by atoms with Crippen LogP contribution < -0.4 is 5.32 Å². The Kier molecular flexibility index (Phi) is 7.75. The molecule has 2 aliphatic rings. The second-order valence-electron chi connectivity index (χ2n) is 7.93. The fourth-order valence-electron chi connectivity index (χ4n) is 3.24. The van der Waals surface area contributed by atoms with Crippen molar-refractivity contribution in [1.82, 2.24) is 5.32 Å². The van der Waals surface area contributed by atoms with Gasteiger partial charge in [0.25, 0.3) is 0 Å². The number of nitrogens with one attached hydrogen (secondary N) is 1. The maximum Gasteiger partial charge on any atom is 0.475 e. The number of rotatable bonds is 6. The van der Waals surface area contributed by atoms with Crippen molar-refractivity contribution in [1.29, 1.82) is 0 Å². The smallest absolute Gasteiger partial charge is 0.469 e. The summed E-state index contributed by atoms with van der Waals surface area (Å²) in [6.07, 6.45) is -6.29. The van der Waals surface area contributed by atoms with Crippen LogP contribution in [0.15, 0.2) is 0 Å². The normalized spacial score (nSPS) is 32.4. The first-order valence-corrected chi connectivity index (χ1v) is 10.8. The highest BCUT2D eigenvalue weighted by Gasteiger charge is 2.50. The number of esters is 1. The fraction of sp³-hybridized carbons (Fsp3) is 0.882. The number of hydrogen-bond acceptors (Lipinski definition) is 7. The molecule has 1 amide bonds. The molecule has 0 spiro atoms. The molecule has 1 unspecified atom stereocenters. The number of ether oxygens (including phenoxy) is 1. The number of hydrogen-bond donors (Lipinski definition) is 1. The van der Waals surface area contributed by atoms with Crippen LogP contribution in [0.3, 0.4) is 0 Å². The molecule has 8 nitrogen and oxygen atoms in total. The van der Waals surface area contributed by atoms with Crippen molar-refractivity contribution in [2.24, 2.45) is 11.3 Å². The summed E-state index contributed by atoms with van der Waals surface area (Å²) in [7, 11) is -2.90. The number of carbonyl (C=O) groups is 2. The highest BCUT2D eigenvalue weighted by atomic mass is 31.2. The van der Waals surface area contributed by atoms with E-state index in [2.05, 4.69) is 10.1 Å². The van der Waals surface area contributed by atoms with E-state index in [0.717, 1.165) is 0 Å². The third-order valence-electron chi connectivity index (χ3n) is 5.05. The maximum atomic E-state index is 12.9. The summed E-state index contributed by atoms with van der Waals surface area (Å²) in [4.78, 5) is 23.6. The van der Waals surface area contributed by atoms with E-state index in [4.69, 9.17) is 13.6 Å². The van der Waals surface area contributed by atoms with Crippen LogP contribution in [0, 0.1) is 11.3 Å². The van der Waals surface area contributed by atoms with Gasteiger partial charge in [0.15, 0.2) is 6.10 Å². The van der Waals surface area contributed by atoms with Gasteiger partial charge in [0.05, 0.1) is 32.2 Å². The zero-order chi connectivity index (χ0) is 21.9. The summed E-state index contributed by atoms with van der Waals surface area (Å²) in [5, 5.41) is 2.52. The Morgan fingerprint density at radius 2 is 1.83 bits per heavy atom. The average Bonchev–Trinajstić information content (AvgIpc) is 2.63. The number of methoxy groups -OCH3 is 1. The molecule has 2 atom stereocenters. The van der Waals surface area contributed by atoms with Crippen molar-refractivity contribution in [3.8, 4) is 0 Å². The van der Waals surface area contributed by atoms with E-state index >= 15 is 0 Å². The number of phosphoric acid groups is 1. The lowest BCUT2D eigenvalue weighted by atomic mass is 9.87. The molecule has 1 N–H and O–H groups in total. The third-order valence-corrected chi connectivity index (χ3v) is 6.52. The summed E-state index contributed by atoms with van der Waals surface area (Å²) in [5.41, 5.74) is -0.833. The predicted molar refractivity (Wildman–Crippen MR) is 94.7 cm³/mol. The monoisotopic (exact) mass is 445 g/mol. The molecule has 0 aromatic carbocycles. The first-order valence-electron chi connectivity index (χ1n) is 9.39. The number of carbonyl (C=O) groups excluding carboxylic acids is 2. The second-order valence-corrected chi connectivity index (χ2v) is 9.51. The van der Waals surface area contributed by atoms with Gasteiger partial charge in [-0.2, -0.15) is 13.2 Å². The van der Waals surface area contributed by atoms with Gasteiger partial charge in [-0.3, -0.25) is 23.2 Å². The molecule has 1 saturated heterocycles. The van der Waals surface area contributed by atoms with Crippen molar-refractivity contribution in [3.63, 3.8) is 0 Å². The van der Waals surface area contributed by atoms with Crippen molar-refractivity contribution >= 4 is 19.7 Å². The minimum absolute atomic E-state index is 0.00885. The standard InChI is InChI=1S/C17H27F3NO7P/c1-16(2)10-26-29(24,27-12-6-4-11(5-7-12)17(18,19)20)28-14(16)15(23)21-9-8-13(22)25-3/h11-12,14H,4-10H2,1-3H3,(H,21,23)/t11?,12?,14-,29?/m0/s1. The summed E-state index contributed by atoms with van der Waals surface area (Å²) in [5.74, 6) is -2.49. The first kappa shape index (κ1) is 24.1. The SMILES string of the molecule is COC(=O)CCNC(=O)[C@@H]1OP(=O)(OC2CCC(C(F)(F)F)CC2)OCC1(C)C. The lowest BCUT2D eigenvalue weighted by Gasteiger charge is -2.41. The molecule has 0 bridgehead atoms. The Morgan fingerprint density at radius 3 is 2.38 bits per heavy atom. The van der Waals surface area contributed by atoms with Gasteiger partial charge in [0.1, 0.15) is 0 Å². The molecule has 168 valence electrons. The van der Waals surface area contributed by atoms with E-state index in [9.17, 15) is 27.3 Å². The molecule has 1 aliphatic carbocycles. The summed E-state index contributed by atoms with van der Waals surface area (Å²) >= 11 is 0. The molecule has 0 aromatic heterocycles. The van der Waals surface area contributed by atoms with Gasteiger partial charge in [-0.15, -0.1) is 0 Å². The molecule has 0 aromatic rings. The van der Waals surface area contributed by atoms with Gasteiger partial charge in [-0.25, -0.2) is 4.57 Å². The summed E-state index contributed by atoms with van der Waals surface area (Å²) in [6.45, 7) is 3.26. The number of halogens is 3. The zero-order valence-corrected chi connectivity index (χ0v) is 17.5. The van der Waals surface area contributed by atoms with Crippen molar-refractivity contribution in [2.75, 3.05) is 20.3 Å². The maximum absolute atomic E-state index is 12.9. The van der Waals surface area contributed by atoms with E-state index in [-0.39, 0.29) is 45.3 Å². The van der Waals surface area contributed by atoms with Crippen LogP contribution in [-0.2, 0) is 32.5 Å². The molecule has 1 heterocycles. The molecule has 1 saturated carbocycles. The molecule has 29 heavy (non-hydrogen) atoms. The van der Waals surface area contributed by atoms with Gasteiger partial charge in [0.2, 0.25) is 5.91 Å². The van der Waals surface area contributed by atoms with E-state index in [1.807, 2.05) is 0 Å². The minimum atomic E-state index is -4.26. The highest BCUT2D eigenvalue weighted by molar-refractivity contribution is 7.48. The first-order chi connectivity index (χ1) is 13.4. The quantitative estimate of drug-likeness (QED) is 0.494. The highest BCUT2D eigenvalue weighted by Crippen LogP contribution is 2.59. The predicted octanol–water partition coefficient (Wildman–Crippen LogP) is 3.35. The van der Waals surface area contributed by atoms with Crippen LogP contribution in [0.5, 0.6) is 0 Å². The number of alkyl halides is 3. The molecule has 2 fully saturated rings. The van der Waals surface area contributed by atoms with Crippen LogP contribution in [0.25, 0.3) is 0 Å². The van der Waals surface area contributed by atoms with Crippen molar-refractivity contribution in [3.05, 3.63) is 0 Å². The van der Waals surface area contributed by atoms with Gasteiger partial charge in [-0.05, 0) is 25.7 Å². The lowest BCUT2D eigenvalue weighted by molar-refractivity contribution is -0.186. The molecular formula is C17H27F3NO7P. The van der Waals surface area contributed by atoms with E-state index in [1.165, 1.54) is 7.11 Å². The van der Waals surface area contributed by atoms with Gasteiger partial charge in [-0.1, -0.05) is 13.8 Å². The van der Waals surface area contributed by atoms with Crippen molar-refractivity contribution in [2.45, 2.75) is 64.3 Å². The van der Waals surface area contributed by atoms with Crippen LogP contribution in [0.1, 0.15) is 46.0 Å². The number of phosphoric ester groups is 1. The van der Waals surface area contributed by atoms with Crippen LogP contribution in [0.4, 0.5) is 13.2 Å². The van der Waals surface area contributed by atoms with Gasteiger partial charge < -0.3 is 10.1 Å². The van der Waals surface area contributed by atoms with Crippen molar-refractivity contribution < 1.29 is 45.6 Å². The average molecular weight is 445 g/mol. The molecule has 0 radical (unpaired) electrons. The second kappa shape index (κ2) is 9.32. The Labute approximate surface area is 167 Å². The van der Waals surface area contributed by atoms with E-state index < -0.39 is 49.4 Å². The largest absolute Gasteiger partial charge is 0.475 e. The van der Waals surface area contributed by atoms with Gasteiger partial charge in [0, 0.05) is 12.0 Å². The third kappa shape index (κ3) is 6.67.